The summed E-state index contributed by atoms with van der Waals surface area (Å²) in [4.78, 5) is 52.2. The van der Waals surface area contributed by atoms with Crippen LogP contribution in [-0.2, 0) is 23.9 Å². The molecular weight excluding hydrogens is 568 g/mol. The second kappa shape index (κ2) is 11.7. The Bertz CT molecular complexity index is 1150. The number of ketones is 1. The van der Waals surface area contributed by atoms with Crippen molar-refractivity contribution >= 4 is 23.5 Å². The quantitative estimate of drug-likeness (QED) is 0.377. The summed E-state index contributed by atoms with van der Waals surface area (Å²) in [5.74, 6) is -3.95. The smallest absolute Gasteiger partial charge is 0.484 e. The number of alkyl halides is 6. The lowest BCUT2D eigenvalue weighted by atomic mass is 9.95. The average molecular weight is 595 g/mol. The summed E-state index contributed by atoms with van der Waals surface area (Å²) in [6.07, 6.45) is -8.11. The van der Waals surface area contributed by atoms with Crippen molar-refractivity contribution in [3.8, 4) is 11.5 Å². The lowest BCUT2D eigenvalue weighted by molar-refractivity contribution is -0.321. The van der Waals surface area contributed by atoms with Crippen LogP contribution in [0.2, 0.25) is 0 Å². The summed E-state index contributed by atoms with van der Waals surface area (Å²) in [5.41, 5.74) is -0.307. The van der Waals surface area contributed by atoms with Crippen molar-refractivity contribution in [1.82, 2.24) is 15.5 Å². The highest BCUT2D eigenvalue weighted by Crippen LogP contribution is 2.54. The van der Waals surface area contributed by atoms with Crippen LogP contribution < -0.4 is 20.1 Å². The topological polar surface area (TPSA) is 123 Å². The molecule has 2 saturated heterocycles. The maximum absolute atomic E-state index is 13.3. The Kier molecular flexibility index (Phi) is 8.70. The van der Waals surface area contributed by atoms with Gasteiger partial charge in [0.25, 0.3) is 5.91 Å². The first kappa shape index (κ1) is 30.4. The molecule has 2 heterocycles. The summed E-state index contributed by atoms with van der Waals surface area (Å²) >= 11 is 0. The molecule has 0 bridgehead atoms. The van der Waals surface area contributed by atoms with Crippen LogP contribution in [0.5, 0.6) is 11.5 Å². The molecule has 226 valence electrons. The molecule has 1 saturated carbocycles. The Morgan fingerprint density at radius 1 is 1.02 bits per heavy atom. The molecule has 41 heavy (non-hydrogen) atoms. The molecule has 3 amide bonds. The number of ether oxygens (including phenoxy) is 3. The van der Waals surface area contributed by atoms with E-state index in [0.29, 0.717) is 13.0 Å². The largest absolute Gasteiger partial charge is 0.573 e. The van der Waals surface area contributed by atoms with E-state index in [0.717, 1.165) is 25.0 Å². The van der Waals surface area contributed by atoms with E-state index in [4.69, 9.17) is 4.74 Å². The molecule has 0 aromatic heterocycles. The third-order valence-electron chi connectivity index (χ3n) is 7.27. The molecule has 10 nitrogen and oxygen atoms in total. The zero-order valence-electron chi connectivity index (χ0n) is 21.5. The van der Waals surface area contributed by atoms with E-state index in [9.17, 15) is 45.5 Å². The van der Waals surface area contributed by atoms with Gasteiger partial charge in [0, 0.05) is 19.0 Å². The molecule has 0 unspecified atom stereocenters. The minimum Gasteiger partial charge on any atom is -0.484 e. The lowest BCUT2D eigenvalue weighted by Gasteiger charge is -2.27. The molecule has 3 atom stereocenters. The molecule has 1 aromatic rings. The molecule has 1 spiro atoms. The number of likely N-dealkylation sites (tertiary alicyclic amines) is 1. The minimum atomic E-state index is -5.08. The van der Waals surface area contributed by atoms with Crippen LogP contribution in [0.1, 0.15) is 32.1 Å². The first-order chi connectivity index (χ1) is 19.1. The van der Waals surface area contributed by atoms with E-state index >= 15 is 0 Å². The number of rotatable bonds is 11. The van der Waals surface area contributed by atoms with Crippen LogP contribution in [0, 0.1) is 11.3 Å². The van der Waals surface area contributed by atoms with Gasteiger partial charge in [-0.1, -0.05) is 0 Å². The molecule has 2 N–H and O–H groups in total. The summed E-state index contributed by atoms with van der Waals surface area (Å²) in [5, 5.41) is 5.00. The summed E-state index contributed by atoms with van der Waals surface area (Å²) in [6, 6.07) is 1.84. The number of nitrogens with one attached hydrogen (secondary N) is 2. The van der Waals surface area contributed by atoms with Gasteiger partial charge in [-0.05, 0) is 61.8 Å². The van der Waals surface area contributed by atoms with E-state index in [-0.39, 0.29) is 30.6 Å². The predicted molar refractivity (Wildman–Crippen MR) is 125 cm³/mol. The molecule has 16 heteroatoms. The third kappa shape index (κ3) is 8.47. The van der Waals surface area contributed by atoms with Gasteiger partial charge in [-0.15, -0.1) is 26.3 Å². The molecule has 1 aromatic carbocycles. The first-order valence-corrected chi connectivity index (χ1v) is 12.7. The fourth-order valence-corrected chi connectivity index (χ4v) is 5.00. The monoisotopic (exact) mass is 595 g/mol. The second-order valence-corrected chi connectivity index (χ2v) is 10.3. The second-order valence-electron chi connectivity index (χ2n) is 10.3. The molecule has 2 aliphatic heterocycles. The van der Waals surface area contributed by atoms with Gasteiger partial charge in [0.05, 0.1) is 6.04 Å². The van der Waals surface area contributed by atoms with Gasteiger partial charge < -0.3 is 25.0 Å². The number of nitrogens with zero attached hydrogens (tertiary/aromatic N) is 1. The SMILES string of the molecule is O=C1NCC[C@H]1C[C@H](NC(=O)[C@@H]1CC2(CC2)CN1C(=O)COc1ccc(OC(F)(F)F)cc1)C(=O)COC(F)(F)F. The van der Waals surface area contributed by atoms with Gasteiger partial charge in [0.1, 0.15) is 24.1 Å². The molecule has 4 rings (SSSR count). The Balaban J connectivity index is 1.40. The molecule has 1 aliphatic carbocycles. The van der Waals surface area contributed by atoms with Crippen LogP contribution >= 0.6 is 0 Å². The molecule has 0 radical (unpaired) electrons. The Hall–Kier alpha value is -3.56. The molecule has 3 aliphatic rings. The normalized spacial score (nSPS) is 22.3. The third-order valence-corrected chi connectivity index (χ3v) is 7.27. The van der Waals surface area contributed by atoms with Crippen molar-refractivity contribution in [2.45, 2.75) is 56.9 Å². The van der Waals surface area contributed by atoms with Gasteiger partial charge in [0.2, 0.25) is 11.8 Å². The van der Waals surface area contributed by atoms with Gasteiger partial charge >= 0.3 is 12.7 Å². The van der Waals surface area contributed by atoms with Crippen molar-refractivity contribution < 1.29 is 59.7 Å². The van der Waals surface area contributed by atoms with Gasteiger partial charge in [-0.3, -0.25) is 23.9 Å². The maximum atomic E-state index is 13.3. The fraction of sp³-hybridized carbons (Fsp3) is 0.600. The fourth-order valence-electron chi connectivity index (χ4n) is 5.00. The van der Waals surface area contributed by atoms with E-state index in [1.54, 1.807) is 0 Å². The van der Waals surface area contributed by atoms with E-state index in [2.05, 4.69) is 20.1 Å². The summed E-state index contributed by atoms with van der Waals surface area (Å²) in [7, 11) is 0. The predicted octanol–water partition coefficient (Wildman–Crippen LogP) is 2.46. The average Bonchev–Trinajstić information content (AvgIpc) is 3.34. The number of carbonyl (C=O) groups excluding carboxylic acids is 4. The highest BCUT2D eigenvalue weighted by molar-refractivity contribution is 5.94. The zero-order valence-corrected chi connectivity index (χ0v) is 21.5. The highest BCUT2D eigenvalue weighted by Gasteiger charge is 2.55. The van der Waals surface area contributed by atoms with Crippen molar-refractivity contribution in [3.05, 3.63) is 24.3 Å². The van der Waals surface area contributed by atoms with Crippen LogP contribution in [0.15, 0.2) is 24.3 Å². The molecular formula is C25H27F6N3O7. The first-order valence-electron chi connectivity index (χ1n) is 12.7. The standard InChI is InChI=1S/C25H27F6N3O7/c26-24(27,28)40-11-19(35)17(9-14-5-8-32-21(14)37)33-22(38)18-10-23(6-7-23)13-34(18)20(36)12-39-15-1-3-16(4-2-15)41-25(29,30)31/h1-4,14,17-18H,5-13H2,(H,32,37)(H,33,38)/t14-,17-,18-/m0/s1. The zero-order chi connectivity index (χ0) is 30.0. The van der Waals surface area contributed by atoms with E-state index < -0.39 is 73.2 Å². The number of amides is 3. The molecule has 3 fully saturated rings. The minimum absolute atomic E-state index is 0.0689. The number of hydrogen-bond acceptors (Lipinski definition) is 7. The number of halogens is 6. The Labute approximate surface area is 229 Å². The van der Waals surface area contributed by atoms with Gasteiger partial charge in [-0.25, -0.2) is 0 Å². The summed E-state index contributed by atoms with van der Waals surface area (Å²) in [6.45, 7) is -1.38. The van der Waals surface area contributed by atoms with Gasteiger partial charge in [0.15, 0.2) is 12.4 Å². The van der Waals surface area contributed by atoms with Crippen LogP contribution in [0.3, 0.4) is 0 Å². The summed E-state index contributed by atoms with van der Waals surface area (Å²) < 4.78 is 87.4. The van der Waals surface area contributed by atoms with Crippen LogP contribution in [0.4, 0.5) is 26.3 Å². The van der Waals surface area contributed by atoms with Crippen molar-refractivity contribution in [3.63, 3.8) is 0 Å². The van der Waals surface area contributed by atoms with Crippen molar-refractivity contribution in [2.24, 2.45) is 11.3 Å². The number of Topliss-reactive ketones (excluding diaryl/α,β-unsaturated/α-hetero) is 1. The van der Waals surface area contributed by atoms with Crippen LogP contribution in [0.25, 0.3) is 0 Å². The number of hydrogen-bond donors (Lipinski definition) is 2. The Morgan fingerprint density at radius 3 is 2.24 bits per heavy atom. The lowest BCUT2D eigenvalue weighted by Crippen LogP contribution is -2.53. The number of carbonyl (C=O) groups is 4. The van der Waals surface area contributed by atoms with E-state index in [1.807, 2.05) is 0 Å². The highest BCUT2D eigenvalue weighted by atomic mass is 19.4. The van der Waals surface area contributed by atoms with Crippen LogP contribution in [-0.4, -0.2) is 79.5 Å². The maximum Gasteiger partial charge on any atom is 0.573 e. The Morgan fingerprint density at radius 2 is 1.68 bits per heavy atom. The van der Waals surface area contributed by atoms with E-state index in [1.165, 1.54) is 17.0 Å². The van der Waals surface area contributed by atoms with Crippen molar-refractivity contribution in [1.29, 1.82) is 0 Å². The van der Waals surface area contributed by atoms with Gasteiger partial charge in [-0.2, -0.15) is 0 Å². The van der Waals surface area contributed by atoms with Crippen molar-refractivity contribution in [2.75, 3.05) is 26.3 Å². The number of benzene rings is 1.